The third-order valence-corrected chi connectivity index (χ3v) is 5.00. The van der Waals surface area contributed by atoms with Gasteiger partial charge in [-0.2, -0.15) is 0 Å². The number of nitrogens with zero attached hydrogens (tertiary/aromatic N) is 2. The summed E-state index contributed by atoms with van der Waals surface area (Å²) < 4.78 is 13.8. The first-order valence-corrected chi connectivity index (χ1v) is 8.63. The molecule has 3 rings (SSSR count). The lowest BCUT2D eigenvalue weighted by Crippen LogP contribution is -2.45. The number of rotatable bonds is 5. The Labute approximate surface area is 135 Å². The van der Waals surface area contributed by atoms with Gasteiger partial charge in [-0.25, -0.2) is 9.37 Å². The first kappa shape index (κ1) is 15.6. The SMILES string of the molecule is Cc1ncc(CN[C@@H]2CCCN(Cc3ccccc3F)C2)s1. The lowest BCUT2D eigenvalue weighted by Gasteiger charge is -2.33. The molecule has 1 saturated heterocycles. The highest BCUT2D eigenvalue weighted by atomic mass is 32.1. The molecule has 1 aromatic heterocycles. The maximum atomic E-state index is 13.8. The number of aryl methyl sites for hydroxylation is 1. The zero-order valence-electron chi connectivity index (χ0n) is 12.9. The molecule has 3 nitrogen and oxygen atoms in total. The predicted molar refractivity (Wildman–Crippen MR) is 88.4 cm³/mol. The summed E-state index contributed by atoms with van der Waals surface area (Å²) in [6, 6.07) is 7.55. The second kappa shape index (κ2) is 7.31. The minimum absolute atomic E-state index is 0.0993. The number of hydrogen-bond donors (Lipinski definition) is 1. The molecular formula is C17H22FN3S. The highest BCUT2D eigenvalue weighted by Crippen LogP contribution is 2.17. The van der Waals surface area contributed by atoms with E-state index in [1.165, 1.54) is 11.3 Å². The minimum Gasteiger partial charge on any atom is -0.308 e. The maximum Gasteiger partial charge on any atom is 0.127 e. The molecule has 22 heavy (non-hydrogen) atoms. The van der Waals surface area contributed by atoms with Gasteiger partial charge in [0.2, 0.25) is 0 Å². The number of likely N-dealkylation sites (tertiary alicyclic amines) is 1. The van der Waals surface area contributed by atoms with Crippen LogP contribution in [0.3, 0.4) is 0 Å². The Bertz CT molecular complexity index is 613. The molecule has 0 radical (unpaired) electrons. The molecule has 5 heteroatoms. The lowest BCUT2D eigenvalue weighted by molar-refractivity contribution is 0.181. The molecule has 1 fully saturated rings. The fourth-order valence-corrected chi connectivity index (χ4v) is 3.71. The second-order valence-electron chi connectivity index (χ2n) is 5.89. The van der Waals surface area contributed by atoms with Crippen LogP contribution in [0.5, 0.6) is 0 Å². The van der Waals surface area contributed by atoms with Crippen molar-refractivity contribution in [2.45, 2.75) is 38.9 Å². The van der Waals surface area contributed by atoms with Gasteiger partial charge in [0, 0.05) is 42.3 Å². The number of hydrogen-bond acceptors (Lipinski definition) is 4. The van der Waals surface area contributed by atoms with Crippen LogP contribution in [0.15, 0.2) is 30.5 Å². The molecule has 118 valence electrons. The zero-order valence-corrected chi connectivity index (χ0v) is 13.7. The molecule has 0 amide bonds. The van der Waals surface area contributed by atoms with E-state index >= 15 is 0 Å². The van der Waals surface area contributed by atoms with Gasteiger partial charge in [-0.15, -0.1) is 11.3 Å². The monoisotopic (exact) mass is 319 g/mol. The number of nitrogens with one attached hydrogen (secondary N) is 1. The number of piperidine rings is 1. The van der Waals surface area contributed by atoms with Crippen LogP contribution in [0.4, 0.5) is 4.39 Å². The number of halogens is 1. The Morgan fingerprint density at radius 2 is 2.27 bits per heavy atom. The highest BCUT2D eigenvalue weighted by molar-refractivity contribution is 7.11. The van der Waals surface area contributed by atoms with Gasteiger partial charge in [-0.1, -0.05) is 18.2 Å². The van der Waals surface area contributed by atoms with E-state index in [2.05, 4.69) is 15.2 Å². The Hall–Kier alpha value is -1.30. The standard InChI is InChI=1S/C17H22FN3S/c1-13-19-9-16(22-13)10-20-15-6-4-8-21(12-15)11-14-5-2-3-7-17(14)18/h2-3,5,7,9,15,20H,4,6,8,10-12H2,1H3/t15-/m1/s1. The van der Waals surface area contributed by atoms with Gasteiger partial charge in [0.25, 0.3) is 0 Å². The van der Waals surface area contributed by atoms with Crippen LogP contribution < -0.4 is 5.32 Å². The highest BCUT2D eigenvalue weighted by Gasteiger charge is 2.20. The molecular weight excluding hydrogens is 297 g/mol. The van der Waals surface area contributed by atoms with E-state index in [-0.39, 0.29) is 5.82 Å². The smallest absolute Gasteiger partial charge is 0.127 e. The maximum absolute atomic E-state index is 13.8. The summed E-state index contributed by atoms with van der Waals surface area (Å²) in [6.45, 7) is 5.64. The molecule has 2 aromatic rings. The van der Waals surface area contributed by atoms with E-state index in [4.69, 9.17) is 0 Å². The van der Waals surface area contributed by atoms with Gasteiger partial charge in [0.15, 0.2) is 0 Å². The van der Waals surface area contributed by atoms with Crippen LogP contribution in [-0.2, 0) is 13.1 Å². The van der Waals surface area contributed by atoms with E-state index in [1.54, 1.807) is 23.5 Å². The van der Waals surface area contributed by atoms with Crippen molar-refractivity contribution in [3.05, 3.63) is 51.7 Å². The molecule has 2 heterocycles. The number of benzene rings is 1. The summed E-state index contributed by atoms with van der Waals surface area (Å²) in [5.74, 6) is -0.0993. The van der Waals surface area contributed by atoms with Crippen molar-refractivity contribution >= 4 is 11.3 Å². The van der Waals surface area contributed by atoms with Crippen LogP contribution >= 0.6 is 11.3 Å². The molecule has 0 saturated carbocycles. The van der Waals surface area contributed by atoms with Gasteiger partial charge >= 0.3 is 0 Å². The summed E-state index contributed by atoms with van der Waals surface area (Å²) in [5, 5.41) is 4.73. The van der Waals surface area contributed by atoms with Crippen molar-refractivity contribution in [3.63, 3.8) is 0 Å². The molecule has 0 bridgehead atoms. The first-order valence-electron chi connectivity index (χ1n) is 7.81. The van der Waals surface area contributed by atoms with Gasteiger partial charge in [-0.3, -0.25) is 4.90 Å². The van der Waals surface area contributed by atoms with Crippen molar-refractivity contribution in [2.24, 2.45) is 0 Å². The Kier molecular flexibility index (Phi) is 5.18. The summed E-state index contributed by atoms with van der Waals surface area (Å²) >= 11 is 1.74. The van der Waals surface area contributed by atoms with Crippen LogP contribution in [-0.4, -0.2) is 29.0 Å². The number of thiazole rings is 1. The molecule has 1 atom stereocenters. The normalized spacial score (nSPS) is 19.5. The fraction of sp³-hybridized carbons (Fsp3) is 0.471. The third kappa shape index (κ3) is 4.12. The molecule has 0 aliphatic carbocycles. The van der Waals surface area contributed by atoms with Crippen molar-refractivity contribution in [1.82, 2.24) is 15.2 Å². The summed E-state index contributed by atoms with van der Waals surface area (Å²) in [7, 11) is 0. The van der Waals surface area contributed by atoms with Crippen molar-refractivity contribution in [3.8, 4) is 0 Å². The average Bonchev–Trinajstić information content (AvgIpc) is 2.94. The third-order valence-electron chi connectivity index (χ3n) is 4.09. The molecule has 0 unspecified atom stereocenters. The topological polar surface area (TPSA) is 28.2 Å². The quantitative estimate of drug-likeness (QED) is 0.916. The fourth-order valence-electron chi connectivity index (χ4n) is 2.97. The second-order valence-corrected chi connectivity index (χ2v) is 7.21. The van der Waals surface area contributed by atoms with E-state index in [1.807, 2.05) is 25.3 Å². The Morgan fingerprint density at radius 3 is 3.05 bits per heavy atom. The molecule has 1 aliphatic heterocycles. The van der Waals surface area contributed by atoms with Crippen molar-refractivity contribution in [1.29, 1.82) is 0 Å². The predicted octanol–water partition coefficient (Wildman–Crippen LogP) is 3.34. The Morgan fingerprint density at radius 1 is 1.41 bits per heavy atom. The lowest BCUT2D eigenvalue weighted by atomic mass is 10.0. The molecule has 1 N–H and O–H groups in total. The first-order chi connectivity index (χ1) is 10.7. The van der Waals surface area contributed by atoms with Crippen LogP contribution in [0.1, 0.15) is 28.3 Å². The zero-order chi connectivity index (χ0) is 15.4. The van der Waals surface area contributed by atoms with Crippen LogP contribution in [0.25, 0.3) is 0 Å². The Balaban J connectivity index is 1.52. The van der Waals surface area contributed by atoms with E-state index in [0.717, 1.165) is 36.6 Å². The van der Waals surface area contributed by atoms with Crippen LogP contribution in [0, 0.1) is 12.7 Å². The largest absolute Gasteiger partial charge is 0.308 e. The average molecular weight is 319 g/mol. The van der Waals surface area contributed by atoms with Crippen molar-refractivity contribution in [2.75, 3.05) is 13.1 Å². The molecule has 1 aromatic carbocycles. The van der Waals surface area contributed by atoms with E-state index in [9.17, 15) is 4.39 Å². The van der Waals surface area contributed by atoms with E-state index in [0.29, 0.717) is 12.6 Å². The van der Waals surface area contributed by atoms with Gasteiger partial charge in [-0.05, 0) is 32.4 Å². The summed E-state index contributed by atoms with van der Waals surface area (Å²) in [4.78, 5) is 7.91. The number of aromatic nitrogens is 1. The summed E-state index contributed by atoms with van der Waals surface area (Å²) in [5.41, 5.74) is 0.793. The molecule has 0 spiro atoms. The van der Waals surface area contributed by atoms with Crippen molar-refractivity contribution < 1.29 is 4.39 Å². The van der Waals surface area contributed by atoms with Gasteiger partial charge in [0.1, 0.15) is 5.82 Å². The van der Waals surface area contributed by atoms with Crippen LogP contribution in [0.2, 0.25) is 0 Å². The minimum atomic E-state index is -0.0993. The van der Waals surface area contributed by atoms with E-state index < -0.39 is 0 Å². The van der Waals surface area contributed by atoms with Gasteiger partial charge < -0.3 is 5.32 Å². The molecule has 1 aliphatic rings. The summed E-state index contributed by atoms with van der Waals surface area (Å²) in [6.07, 6.45) is 4.30. The van der Waals surface area contributed by atoms with Gasteiger partial charge in [0.05, 0.1) is 5.01 Å².